The third-order valence-electron chi connectivity index (χ3n) is 3.46. The van der Waals surface area contributed by atoms with E-state index in [-0.39, 0.29) is 30.0 Å². The first-order valence-corrected chi connectivity index (χ1v) is 7.89. The van der Waals surface area contributed by atoms with Crippen LogP contribution in [0.25, 0.3) is 0 Å². The number of ether oxygens (including phenoxy) is 2. The summed E-state index contributed by atoms with van der Waals surface area (Å²) in [5.74, 6) is 0.836. The number of morpholine rings is 1. The minimum absolute atomic E-state index is 0. The molecule has 0 spiro atoms. The highest BCUT2D eigenvalue weighted by Crippen LogP contribution is 2.10. The van der Waals surface area contributed by atoms with Gasteiger partial charge in [-0.05, 0) is 27.2 Å². The quantitative estimate of drug-likeness (QED) is 0.277. The van der Waals surface area contributed by atoms with Gasteiger partial charge in [0.05, 0.1) is 18.8 Å². The van der Waals surface area contributed by atoms with Gasteiger partial charge in [0, 0.05) is 46.4 Å². The van der Waals surface area contributed by atoms with Crippen molar-refractivity contribution in [1.29, 1.82) is 0 Å². The first-order chi connectivity index (χ1) is 10.0. The molecule has 0 aromatic heterocycles. The van der Waals surface area contributed by atoms with Crippen molar-refractivity contribution in [3.63, 3.8) is 0 Å². The number of hydrogen-bond donors (Lipinski definition) is 2. The molecule has 0 aromatic carbocycles. The van der Waals surface area contributed by atoms with Crippen LogP contribution in [0.15, 0.2) is 4.99 Å². The topological polar surface area (TPSA) is 58.1 Å². The maximum Gasteiger partial charge on any atom is 0.191 e. The van der Waals surface area contributed by atoms with Gasteiger partial charge in [-0.3, -0.25) is 9.89 Å². The third-order valence-corrected chi connectivity index (χ3v) is 3.46. The number of hydrogen-bond acceptors (Lipinski definition) is 4. The van der Waals surface area contributed by atoms with E-state index in [1.54, 1.807) is 14.2 Å². The molecule has 1 saturated heterocycles. The molecule has 1 fully saturated rings. The number of methoxy groups -OCH3 is 1. The van der Waals surface area contributed by atoms with E-state index in [4.69, 9.17) is 9.47 Å². The lowest BCUT2D eigenvalue weighted by Gasteiger charge is -2.35. The largest absolute Gasteiger partial charge is 0.383 e. The Kier molecular flexibility index (Phi) is 12.3. The highest BCUT2D eigenvalue weighted by molar-refractivity contribution is 14.0. The van der Waals surface area contributed by atoms with Gasteiger partial charge < -0.3 is 20.1 Å². The molecule has 1 rings (SSSR count). The highest BCUT2D eigenvalue weighted by Gasteiger charge is 2.21. The summed E-state index contributed by atoms with van der Waals surface area (Å²) < 4.78 is 10.9. The fourth-order valence-electron chi connectivity index (χ4n) is 2.70. The molecule has 0 amide bonds. The molecule has 0 aromatic rings. The Morgan fingerprint density at radius 3 is 2.55 bits per heavy atom. The fourth-order valence-corrected chi connectivity index (χ4v) is 2.70. The molecule has 0 radical (unpaired) electrons. The van der Waals surface area contributed by atoms with Crippen molar-refractivity contribution in [3.8, 4) is 0 Å². The molecule has 1 heterocycles. The van der Waals surface area contributed by atoms with Crippen LogP contribution >= 0.6 is 24.0 Å². The first-order valence-electron chi connectivity index (χ1n) is 7.89. The lowest BCUT2D eigenvalue weighted by Crippen LogP contribution is -2.47. The maximum atomic E-state index is 5.75. The van der Waals surface area contributed by atoms with E-state index in [0.29, 0.717) is 18.8 Å². The van der Waals surface area contributed by atoms with Gasteiger partial charge in [0.25, 0.3) is 0 Å². The van der Waals surface area contributed by atoms with Crippen molar-refractivity contribution in [3.05, 3.63) is 0 Å². The van der Waals surface area contributed by atoms with Crippen molar-refractivity contribution in [2.45, 2.75) is 45.4 Å². The van der Waals surface area contributed by atoms with Gasteiger partial charge in [-0.1, -0.05) is 0 Å². The number of nitrogens with zero attached hydrogens (tertiary/aromatic N) is 2. The summed E-state index contributed by atoms with van der Waals surface area (Å²) in [6.45, 7) is 11.1. The van der Waals surface area contributed by atoms with Crippen molar-refractivity contribution in [1.82, 2.24) is 15.5 Å². The summed E-state index contributed by atoms with van der Waals surface area (Å²) in [6.07, 6.45) is 1.77. The lowest BCUT2D eigenvalue weighted by molar-refractivity contribution is -0.0679. The normalized spacial score (nSPS) is 24.5. The smallest absolute Gasteiger partial charge is 0.191 e. The van der Waals surface area contributed by atoms with Gasteiger partial charge in [-0.15, -0.1) is 24.0 Å². The van der Waals surface area contributed by atoms with Crippen LogP contribution in [0, 0.1) is 0 Å². The molecule has 0 aliphatic carbocycles. The van der Waals surface area contributed by atoms with E-state index >= 15 is 0 Å². The van der Waals surface area contributed by atoms with Crippen LogP contribution in [0.4, 0.5) is 0 Å². The Bertz CT molecular complexity index is 308. The average Bonchev–Trinajstić information content (AvgIpc) is 2.41. The lowest BCUT2D eigenvalue weighted by atomic mass is 10.2. The second-order valence-corrected chi connectivity index (χ2v) is 5.87. The molecule has 132 valence electrons. The van der Waals surface area contributed by atoms with Crippen molar-refractivity contribution in [2.24, 2.45) is 4.99 Å². The molecule has 1 aliphatic heterocycles. The molecule has 22 heavy (non-hydrogen) atoms. The highest BCUT2D eigenvalue weighted by atomic mass is 127. The molecular formula is C15H33IN4O2. The summed E-state index contributed by atoms with van der Waals surface area (Å²) in [4.78, 5) is 6.70. The molecule has 0 saturated carbocycles. The van der Waals surface area contributed by atoms with E-state index in [1.165, 1.54) is 0 Å². The average molecular weight is 428 g/mol. The fraction of sp³-hybridized carbons (Fsp3) is 0.933. The number of aliphatic imine (C=N–C) groups is 1. The predicted molar refractivity (Wildman–Crippen MR) is 102 cm³/mol. The van der Waals surface area contributed by atoms with Crippen LogP contribution in [0.2, 0.25) is 0 Å². The zero-order valence-electron chi connectivity index (χ0n) is 14.6. The van der Waals surface area contributed by atoms with Crippen LogP contribution in [-0.4, -0.2) is 76.1 Å². The van der Waals surface area contributed by atoms with Crippen molar-refractivity contribution in [2.75, 3.05) is 46.9 Å². The summed E-state index contributed by atoms with van der Waals surface area (Å²) in [6, 6.07) is 0.252. The number of guanidine groups is 1. The van der Waals surface area contributed by atoms with Crippen molar-refractivity contribution < 1.29 is 9.47 Å². The molecule has 0 bridgehead atoms. The second kappa shape index (κ2) is 12.3. The molecule has 3 atom stereocenters. The zero-order chi connectivity index (χ0) is 15.7. The van der Waals surface area contributed by atoms with Gasteiger partial charge in [0.15, 0.2) is 5.96 Å². The molecule has 2 N–H and O–H groups in total. The monoisotopic (exact) mass is 428 g/mol. The van der Waals surface area contributed by atoms with Gasteiger partial charge in [-0.25, -0.2) is 0 Å². The number of nitrogens with one attached hydrogen (secondary N) is 2. The van der Waals surface area contributed by atoms with Crippen LogP contribution in [0.3, 0.4) is 0 Å². The molecule has 3 unspecified atom stereocenters. The Balaban J connectivity index is 0.00000441. The van der Waals surface area contributed by atoms with Crippen LogP contribution in [0.5, 0.6) is 0 Å². The van der Waals surface area contributed by atoms with E-state index in [0.717, 1.165) is 38.6 Å². The molecule has 7 heteroatoms. The minimum atomic E-state index is 0. The Morgan fingerprint density at radius 1 is 1.36 bits per heavy atom. The van der Waals surface area contributed by atoms with Crippen molar-refractivity contribution >= 4 is 29.9 Å². The Labute approximate surface area is 152 Å². The van der Waals surface area contributed by atoms with Gasteiger partial charge in [-0.2, -0.15) is 0 Å². The van der Waals surface area contributed by atoms with E-state index in [1.807, 2.05) is 0 Å². The van der Waals surface area contributed by atoms with E-state index in [2.05, 4.69) is 41.3 Å². The van der Waals surface area contributed by atoms with Crippen LogP contribution in [0.1, 0.15) is 27.2 Å². The standard InChI is InChI=1S/C15H32N4O2.HI/c1-12(11-20-5)18-15(16-4)17-7-6-8-19-9-13(2)21-14(3)10-19;/h12-14H,6-11H2,1-5H3,(H2,16,17,18);1H. The van der Waals surface area contributed by atoms with Crippen LogP contribution < -0.4 is 10.6 Å². The summed E-state index contributed by atoms with van der Waals surface area (Å²) in [5.41, 5.74) is 0. The van der Waals surface area contributed by atoms with E-state index in [9.17, 15) is 0 Å². The summed E-state index contributed by atoms with van der Waals surface area (Å²) >= 11 is 0. The Morgan fingerprint density at radius 2 is 2.00 bits per heavy atom. The SMILES string of the molecule is CN=C(NCCCN1CC(C)OC(C)C1)NC(C)COC.I. The predicted octanol–water partition coefficient (Wildman–Crippen LogP) is 1.30. The van der Waals surface area contributed by atoms with E-state index < -0.39 is 0 Å². The van der Waals surface area contributed by atoms with Crippen LogP contribution in [-0.2, 0) is 9.47 Å². The minimum Gasteiger partial charge on any atom is -0.383 e. The maximum absolute atomic E-state index is 5.75. The molecule has 6 nitrogen and oxygen atoms in total. The van der Waals surface area contributed by atoms with Gasteiger partial charge in [0.2, 0.25) is 0 Å². The molecule has 1 aliphatic rings. The number of halogens is 1. The number of rotatable bonds is 7. The summed E-state index contributed by atoms with van der Waals surface area (Å²) in [7, 11) is 3.50. The second-order valence-electron chi connectivity index (χ2n) is 5.87. The van der Waals surface area contributed by atoms with Gasteiger partial charge in [0.1, 0.15) is 0 Å². The first kappa shape index (κ1) is 21.9. The summed E-state index contributed by atoms with van der Waals surface area (Å²) in [5, 5.41) is 6.65. The Hall–Kier alpha value is -0.120. The van der Waals surface area contributed by atoms with Gasteiger partial charge >= 0.3 is 0 Å². The third kappa shape index (κ3) is 9.12. The molecular weight excluding hydrogens is 395 g/mol. The zero-order valence-corrected chi connectivity index (χ0v) is 16.9.